The predicted octanol–water partition coefficient (Wildman–Crippen LogP) is 4.06. The molecule has 2 aromatic rings. The second kappa shape index (κ2) is 7.94. The van der Waals surface area contributed by atoms with E-state index in [1.807, 2.05) is 42.5 Å². The summed E-state index contributed by atoms with van der Waals surface area (Å²) in [5.41, 5.74) is 3.87. The van der Waals surface area contributed by atoms with Crippen LogP contribution in [0.5, 0.6) is 0 Å². The topological polar surface area (TPSA) is 62.7 Å². The molecule has 1 amide bonds. The molecule has 0 saturated carbocycles. The van der Waals surface area contributed by atoms with Gasteiger partial charge in [-0.2, -0.15) is 0 Å². The highest BCUT2D eigenvalue weighted by Gasteiger charge is 2.41. The third kappa shape index (κ3) is 3.77. The minimum atomic E-state index is -0.0782. The first-order chi connectivity index (χ1) is 13.6. The minimum absolute atomic E-state index is 0.0655. The molecule has 2 heterocycles. The number of aliphatic imine (C=N–C) groups is 1. The Kier molecular flexibility index (Phi) is 5.38. The molecule has 1 spiro atoms. The van der Waals surface area contributed by atoms with Crippen molar-refractivity contribution >= 4 is 29.0 Å². The zero-order valence-corrected chi connectivity index (χ0v) is 16.7. The van der Waals surface area contributed by atoms with Gasteiger partial charge in [-0.15, -0.1) is 0 Å². The quantitative estimate of drug-likeness (QED) is 0.820. The molecule has 0 aliphatic carbocycles. The van der Waals surface area contributed by atoms with Crippen molar-refractivity contribution in [2.75, 3.05) is 25.6 Å². The van der Waals surface area contributed by atoms with Crippen LogP contribution in [0.25, 0.3) is 0 Å². The number of nitrogens with zero attached hydrogens (tertiary/aromatic N) is 1. The molecule has 1 saturated heterocycles. The van der Waals surface area contributed by atoms with E-state index in [2.05, 4.69) is 10.6 Å². The Morgan fingerprint density at radius 3 is 2.82 bits per heavy atom. The van der Waals surface area contributed by atoms with E-state index in [-0.39, 0.29) is 11.3 Å². The van der Waals surface area contributed by atoms with E-state index in [0.29, 0.717) is 12.1 Å². The number of amidine groups is 1. The number of fused-ring (bicyclic) bond motifs is 1. The summed E-state index contributed by atoms with van der Waals surface area (Å²) in [4.78, 5) is 17.0. The van der Waals surface area contributed by atoms with Crippen molar-refractivity contribution in [3.8, 4) is 0 Å². The van der Waals surface area contributed by atoms with Gasteiger partial charge < -0.3 is 15.4 Å². The minimum Gasteiger partial charge on any atom is -0.381 e. The second-order valence-corrected chi connectivity index (χ2v) is 7.88. The summed E-state index contributed by atoms with van der Waals surface area (Å²) < 4.78 is 5.63. The third-order valence-electron chi connectivity index (χ3n) is 5.64. The van der Waals surface area contributed by atoms with Crippen LogP contribution in [0, 0.1) is 5.41 Å². The van der Waals surface area contributed by atoms with Gasteiger partial charge in [-0.1, -0.05) is 23.7 Å². The Hall–Kier alpha value is -2.37. The largest absolute Gasteiger partial charge is 0.381 e. The monoisotopic (exact) mass is 397 g/mol. The van der Waals surface area contributed by atoms with Crippen LogP contribution < -0.4 is 10.6 Å². The second-order valence-electron chi connectivity index (χ2n) is 7.44. The molecular weight excluding hydrogens is 374 g/mol. The highest BCUT2D eigenvalue weighted by atomic mass is 35.5. The molecule has 6 heteroatoms. The molecule has 2 N–H and O–H groups in total. The van der Waals surface area contributed by atoms with Gasteiger partial charge in [0.1, 0.15) is 5.84 Å². The summed E-state index contributed by atoms with van der Waals surface area (Å²) in [6.07, 6.45) is 2.69. The van der Waals surface area contributed by atoms with Crippen LogP contribution in [-0.4, -0.2) is 32.0 Å². The number of ether oxygens (including phenoxy) is 1. The Labute approximate surface area is 170 Å². The summed E-state index contributed by atoms with van der Waals surface area (Å²) in [5.74, 6) is 0.945. The number of anilines is 1. The van der Waals surface area contributed by atoms with Crippen LogP contribution in [-0.2, 0) is 17.7 Å². The number of nitrogens with one attached hydrogen (secondary N) is 2. The number of carbonyl (C=O) groups is 1. The number of rotatable bonds is 3. The first-order valence-corrected chi connectivity index (χ1v) is 9.97. The lowest BCUT2D eigenvalue weighted by Crippen LogP contribution is -2.46. The normalized spacial score (nSPS) is 19.1. The molecular formula is C22H24ClN3O2. The Bertz CT molecular complexity index is 920. The third-order valence-corrected chi connectivity index (χ3v) is 5.87. The van der Waals surface area contributed by atoms with Gasteiger partial charge in [0, 0.05) is 41.9 Å². The van der Waals surface area contributed by atoms with Gasteiger partial charge in [0.05, 0.1) is 6.54 Å². The van der Waals surface area contributed by atoms with E-state index in [9.17, 15) is 4.79 Å². The van der Waals surface area contributed by atoms with Crippen LogP contribution in [0.15, 0.2) is 47.5 Å². The number of benzene rings is 2. The Morgan fingerprint density at radius 1 is 1.25 bits per heavy atom. The van der Waals surface area contributed by atoms with Crippen molar-refractivity contribution in [1.29, 1.82) is 0 Å². The number of hydrogen-bond acceptors (Lipinski definition) is 3. The first kappa shape index (κ1) is 19.0. The number of halogens is 1. The van der Waals surface area contributed by atoms with Crippen LogP contribution in [0.2, 0.25) is 5.02 Å². The molecule has 2 aliphatic heterocycles. The SMILES string of the molecule is CNC(=O)c1ccc2c(c1)CC1(CCOCC1)C(=NCc1cccc(Cl)c1)N2. The van der Waals surface area contributed by atoms with Gasteiger partial charge in [0.15, 0.2) is 0 Å². The highest BCUT2D eigenvalue weighted by Crippen LogP contribution is 2.42. The van der Waals surface area contributed by atoms with Gasteiger partial charge in [-0.3, -0.25) is 9.79 Å². The average Bonchev–Trinajstić information content (AvgIpc) is 2.72. The number of carbonyl (C=O) groups excluding carboxylic acids is 1. The van der Waals surface area contributed by atoms with E-state index >= 15 is 0 Å². The van der Waals surface area contributed by atoms with Gasteiger partial charge in [-0.05, 0) is 60.7 Å². The lowest BCUT2D eigenvalue weighted by molar-refractivity contribution is 0.0448. The highest BCUT2D eigenvalue weighted by molar-refractivity contribution is 6.30. The first-order valence-electron chi connectivity index (χ1n) is 9.59. The summed E-state index contributed by atoms with van der Waals surface area (Å²) in [5, 5.41) is 6.98. The molecule has 0 aromatic heterocycles. The fourth-order valence-corrected chi connectivity index (χ4v) is 4.26. The molecule has 2 aliphatic rings. The lowest BCUT2D eigenvalue weighted by Gasteiger charge is -2.42. The number of hydrogen-bond donors (Lipinski definition) is 2. The van der Waals surface area contributed by atoms with E-state index in [1.54, 1.807) is 7.05 Å². The molecule has 28 heavy (non-hydrogen) atoms. The fraction of sp³-hybridized carbons (Fsp3) is 0.364. The maximum Gasteiger partial charge on any atom is 0.251 e. The molecule has 0 atom stereocenters. The van der Waals surface area contributed by atoms with E-state index in [0.717, 1.165) is 60.1 Å². The van der Waals surface area contributed by atoms with Crippen molar-refractivity contribution in [1.82, 2.24) is 5.32 Å². The van der Waals surface area contributed by atoms with Crippen LogP contribution in [0.1, 0.15) is 34.3 Å². The molecule has 0 radical (unpaired) electrons. The summed E-state index contributed by atoms with van der Waals surface area (Å²) in [6.45, 7) is 2.03. The molecule has 146 valence electrons. The van der Waals surface area contributed by atoms with Gasteiger partial charge in [0.2, 0.25) is 0 Å². The van der Waals surface area contributed by atoms with Crippen LogP contribution in [0.4, 0.5) is 5.69 Å². The van der Waals surface area contributed by atoms with Crippen molar-refractivity contribution in [2.24, 2.45) is 10.4 Å². The molecule has 2 aromatic carbocycles. The van der Waals surface area contributed by atoms with E-state index in [4.69, 9.17) is 21.3 Å². The fourth-order valence-electron chi connectivity index (χ4n) is 4.04. The maximum absolute atomic E-state index is 12.0. The molecule has 0 unspecified atom stereocenters. The van der Waals surface area contributed by atoms with Gasteiger partial charge in [0.25, 0.3) is 5.91 Å². The summed E-state index contributed by atoms with van der Waals surface area (Å²) in [7, 11) is 1.65. The number of amides is 1. The van der Waals surface area contributed by atoms with Crippen molar-refractivity contribution in [3.05, 3.63) is 64.2 Å². The molecule has 5 nitrogen and oxygen atoms in total. The Morgan fingerprint density at radius 2 is 2.07 bits per heavy atom. The summed E-state index contributed by atoms with van der Waals surface area (Å²) >= 11 is 6.11. The van der Waals surface area contributed by atoms with Crippen molar-refractivity contribution < 1.29 is 9.53 Å². The van der Waals surface area contributed by atoms with E-state index < -0.39 is 0 Å². The Balaban J connectivity index is 1.67. The maximum atomic E-state index is 12.0. The van der Waals surface area contributed by atoms with E-state index in [1.165, 1.54) is 0 Å². The van der Waals surface area contributed by atoms with Crippen LogP contribution >= 0.6 is 11.6 Å². The summed E-state index contributed by atoms with van der Waals surface area (Å²) in [6, 6.07) is 13.6. The predicted molar refractivity (Wildman–Crippen MR) is 112 cm³/mol. The standard InChI is InChI=1S/C22H24ClN3O2/c1-24-20(27)16-5-6-19-17(12-16)13-22(7-9-28-10-8-22)21(26-19)25-14-15-3-2-4-18(23)11-15/h2-6,11-12H,7-10,13-14H2,1H3,(H,24,27)(H,25,26). The average molecular weight is 398 g/mol. The zero-order chi connectivity index (χ0) is 19.6. The van der Waals surface area contributed by atoms with Crippen molar-refractivity contribution in [2.45, 2.75) is 25.8 Å². The lowest BCUT2D eigenvalue weighted by atomic mass is 9.71. The molecule has 1 fully saturated rings. The van der Waals surface area contributed by atoms with Gasteiger partial charge in [-0.25, -0.2) is 0 Å². The van der Waals surface area contributed by atoms with Gasteiger partial charge >= 0.3 is 0 Å². The zero-order valence-electron chi connectivity index (χ0n) is 15.9. The molecule has 0 bridgehead atoms. The molecule has 4 rings (SSSR count). The van der Waals surface area contributed by atoms with Crippen LogP contribution in [0.3, 0.4) is 0 Å². The smallest absolute Gasteiger partial charge is 0.251 e. The van der Waals surface area contributed by atoms with Crippen molar-refractivity contribution in [3.63, 3.8) is 0 Å².